The number of hydrogen-bond donors (Lipinski definition) is 0. The molecule has 3 rings (SSSR count). The van der Waals surface area contributed by atoms with Crippen LogP contribution in [0.5, 0.6) is 11.5 Å². The maximum atomic E-state index is 14.7. The van der Waals surface area contributed by atoms with Gasteiger partial charge in [0.05, 0.1) is 0 Å². The Kier molecular flexibility index (Phi) is 4.60. The first kappa shape index (κ1) is 17.3. The third-order valence-corrected chi connectivity index (χ3v) is 8.72. The van der Waals surface area contributed by atoms with Crippen molar-refractivity contribution in [3.8, 4) is 11.5 Å². The summed E-state index contributed by atoms with van der Waals surface area (Å²) in [4.78, 5) is 0. The van der Waals surface area contributed by atoms with Gasteiger partial charge in [-0.25, -0.2) is 0 Å². The molecule has 2 aromatic carbocycles. The quantitative estimate of drug-likeness (QED) is 0.389. The van der Waals surface area contributed by atoms with E-state index < -0.39 is 23.3 Å². The van der Waals surface area contributed by atoms with Crippen molar-refractivity contribution in [2.24, 2.45) is 13.5 Å². The van der Waals surface area contributed by atoms with Gasteiger partial charge in [0.15, 0.2) is 0 Å². The molecule has 0 fully saturated rings. The van der Waals surface area contributed by atoms with Crippen molar-refractivity contribution in [2.45, 2.75) is 0 Å². The van der Waals surface area contributed by atoms with Gasteiger partial charge < -0.3 is 9.05 Å². The lowest BCUT2D eigenvalue weighted by Gasteiger charge is -2.20. The van der Waals surface area contributed by atoms with E-state index in [-0.39, 0.29) is 11.5 Å². The lowest BCUT2D eigenvalue weighted by Crippen LogP contribution is -1.92. The van der Waals surface area contributed by atoms with Crippen LogP contribution in [0, 0.1) is 0 Å². The van der Waals surface area contributed by atoms with E-state index >= 15 is 0 Å². The van der Waals surface area contributed by atoms with Gasteiger partial charge in [0, 0.05) is 0 Å². The summed E-state index contributed by atoms with van der Waals surface area (Å²) in [5.74, 6) is -0.178. The first-order valence-corrected chi connectivity index (χ1v) is 11.0. The van der Waals surface area contributed by atoms with E-state index in [1.807, 2.05) is 0 Å². The van der Waals surface area contributed by atoms with Crippen molar-refractivity contribution < 1.29 is 25.8 Å². The number of benzene rings is 2. The van der Waals surface area contributed by atoms with Gasteiger partial charge in [0.1, 0.15) is 11.5 Å². The normalized spacial score (nSPS) is 28.0. The Morgan fingerprint density at radius 2 is 1.00 bits per heavy atom. The van der Waals surface area contributed by atoms with Crippen LogP contribution in [0.3, 0.4) is 0 Å². The van der Waals surface area contributed by atoms with Crippen molar-refractivity contribution in [3.05, 3.63) is 60.7 Å². The number of nitrogens with zero attached hydrogens (tertiary/aromatic N) is 3. The van der Waals surface area contributed by atoms with Gasteiger partial charge in [0.2, 0.25) is 0 Å². The number of para-hydroxylation sites is 2. The van der Waals surface area contributed by atoms with Crippen LogP contribution in [-0.4, -0.2) is 0 Å². The molecule has 128 valence electrons. The molecule has 0 saturated carbocycles. The molecule has 1 heterocycles. The molecule has 5 nitrogen and oxygen atoms in total. The third-order valence-electron chi connectivity index (χ3n) is 2.59. The van der Waals surface area contributed by atoms with Crippen molar-refractivity contribution in [3.63, 3.8) is 0 Å². The molecule has 0 bridgehead atoms. The van der Waals surface area contributed by atoms with Gasteiger partial charge in [-0.1, -0.05) is 36.4 Å². The second-order valence-electron chi connectivity index (χ2n) is 4.48. The van der Waals surface area contributed by atoms with Crippen LogP contribution in [0.2, 0.25) is 0 Å². The van der Waals surface area contributed by atoms with Crippen LogP contribution in [0.4, 0.5) is 16.8 Å². The highest BCUT2D eigenvalue weighted by molar-refractivity contribution is 7.78. The summed E-state index contributed by atoms with van der Waals surface area (Å²) in [5, 5.41) is 0. The van der Waals surface area contributed by atoms with Crippen LogP contribution in [0.25, 0.3) is 0 Å². The summed E-state index contributed by atoms with van der Waals surface area (Å²) < 4.78 is 74.9. The Balaban J connectivity index is 2.02. The summed E-state index contributed by atoms with van der Waals surface area (Å²) >= 11 is 0. The molecule has 24 heavy (non-hydrogen) atoms. The molecule has 0 radical (unpaired) electrons. The zero-order valence-electron chi connectivity index (χ0n) is 11.8. The van der Waals surface area contributed by atoms with E-state index in [1.165, 1.54) is 48.5 Å². The number of halogens is 4. The van der Waals surface area contributed by atoms with Crippen molar-refractivity contribution in [1.82, 2.24) is 0 Å². The molecular weight excluding hydrogens is 387 g/mol. The highest BCUT2D eigenvalue weighted by Gasteiger charge is 2.42. The van der Waals surface area contributed by atoms with Crippen LogP contribution in [0.15, 0.2) is 74.2 Å². The van der Waals surface area contributed by atoms with Gasteiger partial charge >= 0.3 is 23.3 Å². The SMILES string of the molecule is FP1(F)=N[P@@](F)(Oc2ccccc2)=N[P@](F)(Oc2ccccc2)=N1. The highest BCUT2D eigenvalue weighted by atomic mass is 31.3. The minimum atomic E-state index is -5.60. The monoisotopic (exact) mass is 397 g/mol. The van der Waals surface area contributed by atoms with Crippen molar-refractivity contribution in [1.29, 1.82) is 0 Å². The van der Waals surface area contributed by atoms with Gasteiger partial charge in [-0.15, -0.1) is 30.3 Å². The molecule has 1 aliphatic heterocycles. The maximum Gasteiger partial charge on any atom is 0.442 e. The molecular formula is C12H10F4N3O2P3. The van der Waals surface area contributed by atoms with Gasteiger partial charge in [0.25, 0.3) is 0 Å². The Morgan fingerprint density at radius 3 is 1.46 bits per heavy atom. The van der Waals surface area contributed by atoms with E-state index in [0.29, 0.717) is 0 Å². The predicted molar refractivity (Wildman–Crippen MR) is 86.6 cm³/mol. The Morgan fingerprint density at radius 1 is 0.583 bits per heavy atom. The fourth-order valence-electron chi connectivity index (χ4n) is 1.76. The summed E-state index contributed by atoms with van der Waals surface area (Å²) in [5.41, 5.74) is 0. The second-order valence-corrected chi connectivity index (χ2v) is 9.79. The van der Waals surface area contributed by atoms with Crippen LogP contribution in [0.1, 0.15) is 0 Å². The summed E-state index contributed by atoms with van der Waals surface area (Å²) in [6, 6.07) is 14.5. The Hall–Kier alpha value is -1.55. The Bertz CT molecular complexity index is 855. The van der Waals surface area contributed by atoms with E-state index in [1.54, 1.807) is 12.1 Å². The fourth-order valence-corrected chi connectivity index (χ4v) is 7.73. The first-order chi connectivity index (χ1) is 11.3. The standard InChI is InChI=1S/C12H10F4N3O2P3/c13-22(14)17-23(15,20-11-7-3-1-4-8-11)19-24(16,18-22)21-12-9-5-2-6-10-12/h1-10H/t23-,24-/m1/s1. The predicted octanol–water partition coefficient (Wildman–Crippen LogP) is 7.87. The molecule has 12 heteroatoms. The van der Waals surface area contributed by atoms with E-state index in [2.05, 4.69) is 13.5 Å². The molecule has 2 atom stereocenters. The number of hydrogen-bond acceptors (Lipinski definition) is 5. The first-order valence-electron chi connectivity index (χ1n) is 6.47. The zero-order valence-corrected chi connectivity index (χ0v) is 14.5. The van der Waals surface area contributed by atoms with Crippen molar-refractivity contribution >= 4 is 23.3 Å². The van der Waals surface area contributed by atoms with E-state index in [0.717, 1.165) is 0 Å². The maximum absolute atomic E-state index is 14.7. The minimum absolute atomic E-state index is 0.0889. The Labute approximate surface area is 135 Å². The molecule has 0 amide bonds. The largest absolute Gasteiger partial charge is 0.442 e. The lowest BCUT2D eigenvalue weighted by atomic mass is 10.3. The third kappa shape index (κ3) is 4.29. The van der Waals surface area contributed by atoms with Crippen LogP contribution in [-0.2, 0) is 0 Å². The lowest BCUT2D eigenvalue weighted by molar-refractivity contribution is 0.531. The topological polar surface area (TPSA) is 55.5 Å². The smallest absolute Gasteiger partial charge is 0.419 e. The van der Waals surface area contributed by atoms with Crippen LogP contribution >= 0.6 is 23.3 Å². The van der Waals surface area contributed by atoms with Gasteiger partial charge in [-0.2, -0.15) is 0 Å². The molecule has 0 unspecified atom stereocenters. The van der Waals surface area contributed by atoms with Gasteiger partial charge in [-0.05, 0) is 24.3 Å². The van der Waals surface area contributed by atoms with E-state index in [4.69, 9.17) is 9.05 Å². The summed E-state index contributed by atoms with van der Waals surface area (Å²) in [6.45, 7) is 0. The van der Waals surface area contributed by atoms with Gasteiger partial charge in [-0.3, -0.25) is 0 Å². The molecule has 0 aliphatic carbocycles. The van der Waals surface area contributed by atoms with Crippen molar-refractivity contribution in [2.75, 3.05) is 0 Å². The summed E-state index contributed by atoms with van der Waals surface area (Å²) in [6.07, 6.45) is 0. The second kappa shape index (κ2) is 6.40. The minimum Gasteiger partial charge on any atom is -0.419 e. The average Bonchev–Trinajstić information content (AvgIpc) is 2.45. The molecule has 1 aliphatic rings. The molecule has 0 spiro atoms. The average molecular weight is 397 g/mol. The van der Waals surface area contributed by atoms with Crippen LogP contribution < -0.4 is 9.05 Å². The number of rotatable bonds is 4. The summed E-state index contributed by atoms with van der Waals surface area (Å²) in [7, 11) is -15.5. The molecule has 0 aromatic heterocycles. The molecule has 0 N–H and O–H groups in total. The fraction of sp³-hybridized carbons (Fsp3) is 0. The highest BCUT2D eigenvalue weighted by Crippen LogP contribution is 2.80. The zero-order chi connectivity index (χ0) is 17.3. The molecule has 2 aromatic rings. The molecule has 0 saturated heterocycles. The van der Waals surface area contributed by atoms with E-state index in [9.17, 15) is 16.8 Å².